The third-order valence-corrected chi connectivity index (χ3v) is 5.47. The Morgan fingerprint density at radius 1 is 1.12 bits per heavy atom. The van der Waals surface area contributed by atoms with E-state index in [1.165, 1.54) is 34.6 Å². The third-order valence-electron chi connectivity index (χ3n) is 4.24. The van der Waals surface area contributed by atoms with Crippen LogP contribution in [0.3, 0.4) is 0 Å². The molecule has 2 N–H and O–H groups in total. The molecule has 2 amide bonds. The minimum absolute atomic E-state index is 0.147. The monoisotopic (exact) mass is 358 g/mol. The van der Waals surface area contributed by atoms with Crippen LogP contribution in [0.2, 0.25) is 0 Å². The molecule has 1 aliphatic rings. The van der Waals surface area contributed by atoms with E-state index in [0.717, 1.165) is 24.0 Å². The van der Waals surface area contributed by atoms with Gasteiger partial charge in [0, 0.05) is 4.88 Å². The van der Waals surface area contributed by atoms with Crippen LogP contribution in [0.25, 0.3) is 0 Å². The Balaban J connectivity index is 1.49. The van der Waals surface area contributed by atoms with Crippen molar-refractivity contribution in [2.45, 2.75) is 39.5 Å². The standard InChI is InChI=1S/C19H22N2O3S/c1-12-7-8-13(2)15(9-12)24-11-18(22)20-21-19(23)17-10-14-5-3-4-6-16(14)25-17/h7-10H,3-6,11H2,1-2H3,(H,20,22)(H,21,23). The van der Waals surface area contributed by atoms with E-state index in [-0.39, 0.29) is 12.5 Å². The Hall–Kier alpha value is -2.34. The van der Waals surface area contributed by atoms with Crippen molar-refractivity contribution in [2.75, 3.05) is 6.61 Å². The topological polar surface area (TPSA) is 67.4 Å². The minimum Gasteiger partial charge on any atom is -0.483 e. The Kier molecular flexibility index (Phi) is 5.38. The second-order valence-electron chi connectivity index (χ2n) is 6.33. The molecule has 3 rings (SSSR count). The summed E-state index contributed by atoms with van der Waals surface area (Å²) in [5.74, 6) is 0.00229. The summed E-state index contributed by atoms with van der Waals surface area (Å²) in [5, 5.41) is 0. The van der Waals surface area contributed by atoms with Crippen LogP contribution < -0.4 is 15.6 Å². The molecule has 1 aromatic carbocycles. The van der Waals surface area contributed by atoms with Crippen molar-refractivity contribution in [3.63, 3.8) is 0 Å². The molecule has 1 aliphatic carbocycles. The van der Waals surface area contributed by atoms with E-state index < -0.39 is 5.91 Å². The maximum atomic E-state index is 12.2. The smallest absolute Gasteiger partial charge is 0.279 e. The number of hydrogen-bond donors (Lipinski definition) is 2. The van der Waals surface area contributed by atoms with Gasteiger partial charge in [-0.2, -0.15) is 0 Å². The van der Waals surface area contributed by atoms with Gasteiger partial charge in [0.25, 0.3) is 11.8 Å². The number of amides is 2. The molecule has 6 heteroatoms. The fourth-order valence-corrected chi connectivity index (χ4v) is 3.98. The normalized spacial score (nSPS) is 13.0. The number of benzene rings is 1. The molecule has 0 fully saturated rings. The summed E-state index contributed by atoms with van der Waals surface area (Å²) < 4.78 is 5.52. The van der Waals surface area contributed by atoms with Crippen LogP contribution in [0.4, 0.5) is 0 Å². The van der Waals surface area contributed by atoms with Crippen LogP contribution in [-0.4, -0.2) is 18.4 Å². The maximum absolute atomic E-state index is 12.2. The number of fused-ring (bicyclic) bond motifs is 1. The average Bonchev–Trinajstić information content (AvgIpc) is 3.04. The molecule has 132 valence electrons. The zero-order valence-electron chi connectivity index (χ0n) is 14.5. The van der Waals surface area contributed by atoms with Crippen molar-refractivity contribution in [3.05, 3.63) is 50.7 Å². The lowest BCUT2D eigenvalue weighted by Crippen LogP contribution is -2.43. The van der Waals surface area contributed by atoms with E-state index in [1.54, 1.807) is 0 Å². The number of carbonyl (C=O) groups excluding carboxylic acids is 2. The van der Waals surface area contributed by atoms with Crippen molar-refractivity contribution >= 4 is 23.2 Å². The van der Waals surface area contributed by atoms with Crippen LogP contribution in [-0.2, 0) is 17.6 Å². The summed E-state index contributed by atoms with van der Waals surface area (Å²) in [6, 6.07) is 7.76. The van der Waals surface area contributed by atoms with E-state index in [0.29, 0.717) is 10.6 Å². The lowest BCUT2D eigenvalue weighted by Gasteiger charge is -2.10. The summed E-state index contributed by atoms with van der Waals surface area (Å²) in [6.45, 7) is 3.74. The van der Waals surface area contributed by atoms with Gasteiger partial charge in [0.15, 0.2) is 6.61 Å². The second kappa shape index (κ2) is 7.70. The van der Waals surface area contributed by atoms with Crippen LogP contribution in [0.5, 0.6) is 5.75 Å². The van der Waals surface area contributed by atoms with Gasteiger partial charge in [-0.15, -0.1) is 11.3 Å². The number of rotatable bonds is 4. The fourth-order valence-electron chi connectivity index (χ4n) is 2.83. The van der Waals surface area contributed by atoms with Crippen molar-refractivity contribution in [1.29, 1.82) is 0 Å². The Bertz CT molecular complexity index is 774. The van der Waals surface area contributed by atoms with Gasteiger partial charge in [0.2, 0.25) is 0 Å². The molecule has 25 heavy (non-hydrogen) atoms. The minimum atomic E-state index is -0.393. The molecule has 5 nitrogen and oxygen atoms in total. The summed E-state index contributed by atoms with van der Waals surface area (Å²) in [5.41, 5.74) is 8.17. The highest BCUT2D eigenvalue weighted by atomic mass is 32.1. The molecule has 0 aliphatic heterocycles. The quantitative estimate of drug-likeness (QED) is 0.826. The first kappa shape index (κ1) is 17.5. The van der Waals surface area contributed by atoms with Gasteiger partial charge < -0.3 is 4.74 Å². The van der Waals surface area contributed by atoms with Gasteiger partial charge in [-0.1, -0.05) is 12.1 Å². The van der Waals surface area contributed by atoms with Crippen molar-refractivity contribution in [2.24, 2.45) is 0 Å². The zero-order chi connectivity index (χ0) is 17.8. The van der Waals surface area contributed by atoms with E-state index in [4.69, 9.17) is 4.74 Å². The van der Waals surface area contributed by atoms with Crippen molar-refractivity contribution in [3.8, 4) is 5.75 Å². The predicted octanol–water partition coefficient (Wildman–Crippen LogP) is 3.08. The number of nitrogens with one attached hydrogen (secondary N) is 2. The predicted molar refractivity (Wildman–Crippen MR) is 98.0 cm³/mol. The Morgan fingerprint density at radius 3 is 2.72 bits per heavy atom. The molecule has 0 spiro atoms. The maximum Gasteiger partial charge on any atom is 0.279 e. The van der Waals surface area contributed by atoms with Crippen LogP contribution in [0.1, 0.15) is 44.1 Å². The van der Waals surface area contributed by atoms with E-state index in [2.05, 4.69) is 10.9 Å². The van der Waals surface area contributed by atoms with Gasteiger partial charge in [0.05, 0.1) is 4.88 Å². The first-order chi connectivity index (χ1) is 12.0. The SMILES string of the molecule is Cc1ccc(C)c(OCC(=O)NNC(=O)c2cc3c(s2)CCCC3)c1. The van der Waals surface area contributed by atoms with Crippen LogP contribution in [0, 0.1) is 13.8 Å². The molecule has 0 radical (unpaired) electrons. The molecule has 2 aromatic rings. The van der Waals surface area contributed by atoms with Gasteiger partial charge in [0.1, 0.15) is 5.75 Å². The first-order valence-electron chi connectivity index (χ1n) is 8.44. The van der Waals surface area contributed by atoms with Crippen LogP contribution >= 0.6 is 11.3 Å². The van der Waals surface area contributed by atoms with E-state index in [9.17, 15) is 9.59 Å². The fraction of sp³-hybridized carbons (Fsp3) is 0.368. The Labute approximate surface area is 151 Å². The molecular formula is C19H22N2O3S. The summed E-state index contributed by atoms with van der Waals surface area (Å²) in [4.78, 5) is 26.0. The molecule has 0 bridgehead atoms. The van der Waals surface area contributed by atoms with Crippen molar-refractivity contribution in [1.82, 2.24) is 10.9 Å². The highest BCUT2D eigenvalue weighted by Gasteiger charge is 2.17. The van der Waals surface area contributed by atoms with E-state index in [1.807, 2.05) is 38.1 Å². The van der Waals surface area contributed by atoms with Gasteiger partial charge in [-0.3, -0.25) is 20.4 Å². The molecular weight excluding hydrogens is 336 g/mol. The lowest BCUT2D eigenvalue weighted by atomic mass is 9.99. The molecule has 0 saturated carbocycles. The van der Waals surface area contributed by atoms with Crippen molar-refractivity contribution < 1.29 is 14.3 Å². The highest BCUT2D eigenvalue weighted by molar-refractivity contribution is 7.14. The number of thiophene rings is 1. The number of ether oxygens (including phenoxy) is 1. The molecule has 0 unspecified atom stereocenters. The highest BCUT2D eigenvalue weighted by Crippen LogP contribution is 2.29. The van der Waals surface area contributed by atoms with Gasteiger partial charge in [-0.25, -0.2) is 0 Å². The number of aryl methyl sites for hydroxylation is 4. The zero-order valence-corrected chi connectivity index (χ0v) is 15.3. The number of carbonyl (C=O) groups is 2. The lowest BCUT2D eigenvalue weighted by molar-refractivity contribution is -0.123. The van der Waals surface area contributed by atoms with E-state index >= 15 is 0 Å². The largest absolute Gasteiger partial charge is 0.483 e. The summed E-state index contributed by atoms with van der Waals surface area (Å²) in [6.07, 6.45) is 4.44. The number of hydrogen-bond acceptors (Lipinski definition) is 4. The van der Waals surface area contributed by atoms with Gasteiger partial charge >= 0.3 is 0 Å². The molecule has 0 atom stereocenters. The molecule has 1 heterocycles. The Morgan fingerprint density at radius 2 is 1.92 bits per heavy atom. The number of hydrazine groups is 1. The first-order valence-corrected chi connectivity index (χ1v) is 9.25. The average molecular weight is 358 g/mol. The molecule has 0 saturated heterocycles. The van der Waals surface area contributed by atoms with Crippen LogP contribution in [0.15, 0.2) is 24.3 Å². The molecule has 1 aromatic heterocycles. The summed E-state index contributed by atoms with van der Waals surface area (Å²) in [7, 11) is 0. The third kappa shape index (κ3) is 4.39. The summed E-state index contributed by atoms with van der Waals surface area (Å²) >= 11 is 1.51. The second-order valence-corrected chi connectivity index (χ2v) is 7.46. The van der Waals surface area contributed by atoms with Gasteiger partial charge in [-0.05, 0) is 68.4 Å².